The predicted molar refractivity (Wildman–Crippen MR) is 86.4 cm³/mol. The Labute approximate surface area is 130 Å². The van der Waals surface area contributed by atoms with E-state index in [1.165, 1.54) is 30.1 Å². The molecule has 2 rings (SSSR count). The van der Waals surface area contributed by atoms with E-state index < -0.39 is 0 Å². The summed E-state index contributed by atoms with van der Waals surface area (Å²) < 4.78 is 1.49. The molecule has 0 N–H and O–H groups in total. The zero-order valence-electron chi connectivity index (χ0n) is 12.9. The van der Waals surface area contributed by atoms with Gasteiger partial charge >= 0.3 is 130 Å². The zero-order valence-corrected chi connectivity index (χ0v) is 14.6. The van der Waals surface area contributed by atoms with Gasteiger partial charge in [0, 0.05) is 0 Å². The van der Waals surface area contributed by atoms with Crippen LogP contribution in [0.3, 0.4) is 0 Å². The Balaban J connectivity index is 1.95. The topological polar surface area (TPSA) is 12.5 Å². The molecule has 0 radical (unpaired) electrons. The second-order valence-electron chi connectivity index (χ2n) is 5.60. The van der Waals surface area contributed by atoms with Crippen LogP contribution in [-0.2, 0) is 4.84 Å². The number of rotatable bonds is 7. The molecule has 0 amide bonds. The summed E-state index contributed by atoms with van der Waals surface area (Å²) in [5.41, 5.74) is 0. The van der Waals surface area contributed by atoms with Gasteiger partial charge in [0.05, 0.1) is 0 Å². The number of hydroxylamine groups is 2. The van der Waals surface area contributed by atoms with Crippen molar-refractivity contribution in [2.75, 3.05) is 6.61 Å². The quantitative estimate of drug-likeness (QED) is 0.706. The third kappa shape index (κ3) is 4.08. The van der Waals surface area contributed by atoms with Crippen LogP contribution in [0.5, 0.6) is 0 Å². The first-order valence-corrected chi connectivity index (χ1v) is 9.73. The van der Waals surface area contributed by atoms with Gasteiger partial charge in [0.15, 0.2) is 0 Å². The summed E-state index contributed by atoms with van der Waals surface area (Å²) in [4.78, 5) is 6.75. The van der Waals surface area contributed by atoms with E-state index in [1.807, 2.05) is 0 Å². The Hall–Kier alpha value is -0.341. The molecule has 0 bridgehead atoms. The molecule has 1 aromatic carbocycles. The minimum atomic E-state index is 0.512. The van der Waals surface area contributed by atoms with Crippen molar-refractivity contribution in [3.8, 4) is 0 Å². The van der Waals surface area contributed by atoms with Crippen molar-refractivity contribution in [1.82, 2.24) is 5.06 Å². The fourth-order valence-electron chi connectivity index (χ4n) is 2.89. The van der Waals surface area contributed by atoms with Crippen LogP contribution in [0.2, 0.25) is 4.82 Å². The molecule has 0 saturated carbocycles. The predicted octanol–water partition coefficient (Wildman–Crippen LogP) is 3.41. The second kappa shape index (κ2) is 8.19. The van der Waals surface area contributed by atoms with E-state index in [9.17, 15) is 0 Å². The molecular formula is C17H27NOSe. The Morgan fingerprint density at radius 3 is 2.45 bits per heavy atom. The van der Waals surface area contributed by atoms with Gasteiger partial charge in [0.25, 0.3) is 0 Å². The number of hydrogen-bond donors (Lipinski definition) is 0. The van der Waals surface area contributed by atoms with Crippen molar-refractivity contribution in [2.45, 2.75) is 63.4 Å². The molecule has 0 aliphatic carbocycles. The van der Waals surface area contributed by atoms with Gasteiger partial charge in [0.2, 0.25) is 0 Å². The molecular weight excluding hydrogens is 313 g/mol. The molecule has 1 heterocycles. The molecule has 2 nitrogen and oxygen atoms in total. The summed E-state index contributed by atoms with van der Waals surface area (Å²) in [6, 6.07) is 12.1. The average Bonchev–Trinajstić information content (AvgIpc) is 2.81. The van der Waals surface area contributed by atoms with Crippen molar-refractivity contribution in [3.63, 3.8) is 0 Å². The molecule has 20 heavy (non-hydrogen) atoms. The maximum absolute atomic E-state index is 6.07. The number of nitrogens with zero attached hydrogens (tertiary/aromatic N) is 1. The standard InChI is InChI=1S/C17H27NOSe/c1-4-9-15(10-5-2)18-14(3)17(13-19-18)20-16-11-7-6-8-12-16/h6-8,11-12,14-15,17H,4-5,9-10,13H2,1-3H3/t14-,17+/m0/s1. The number of benzene rings is 1. The summed E-state index contributed by atoms with van der Waals surface area (Å²) in [7, 11) is 0. The molecule has 1 aliphatic heterocycles. The average molecular weight is 340 g/mol. The third-order valence-electron chi connectivity index (χ3n) is 3.96. The molecule has 2 atom stereocenters. The molecule has 1 fully saturated rings. The fourth-order valence-corrected chi connectivity index (χ4v) is 5.22. The van der Waals surface area contributed by atoms with Crippen LogP contribution in [-0.4, -0.2) is 38.7 Å². The monoisotopic (exact) mass is 341 g/mol. The van der Waals surface area contributed by atoms with Crippen LogP contribution in [0, 0.1) is 0 Å². The van der Waals surface area contributed by atoms with Gasteiger partial charge in [-0.2, -0.15) is 0 Å². The van der Waals surface area contributed by atoms with Crippen LogP contribution in [0.25, 0.3) is 0 Å². The zero-order chi connectivity index (χ0) is 14.4. The molecule has 0 aromatic heterocycles. The van der Waals surface area contributed by atoms with Crippen molar-refractivity contribution in [3.05, 3.63) is 30.3 Å². The van der Waals surface area contributed by atoms with Crippen LogP contribution < -0.4 is 4.46 Å². The van der Waals surface area contributed by atoms with Crippen LogP contribution >= 0.6 is 0 Å². The molecule has 1 saturated heterocycles. The molecule has 112 valence electrons. The molecule has 1 aliphatic rings. The first-order chi connectivity index (χ1) is 9.76. The van der Waals surface area contributed by atoms with Crippen molar-refractivity contribution in [1.29, 1.82) is 0 Å². The Kier molecular flexibility index (Phi) is 6.57. The van der Waals surface area contributed by atoms with Gasteiger partial charge in [-0.25, -0.2) is 0 Å². The molecule has 3 heteroatoms. The van der Waals surface area contributed by atoms with Crippen LogP contribution in [0.15, 0.2) is 30.3 Å². The van der Waals surface area contributed by atoms with Crippen LogP contribution in [0.4, 0.5) is 0 Å². The first kappa shape index (κ1) is 16.0. The Morgan fingerprint density at radius 2 is 1.85 bits per heavy atom. The Morgan fingerprint density at radius 1 is 1.20 bits per heavy atom. The van der Waals surface area contributed by atoms with E-state index in [4.69, 9.17) is 4.84 Å². The molecule has 0 unspecified atom stereocenters. The maximum atomic E-state index is 6.07. The van der Waals surface area contributed by atoms with Gasteiger partial charge in [-0.1, -0.05) is 0 Å². The van der Waals surface area contributed by atoms with Crippen molar-refractivity contribution >= 4 is 19.4 Å². The van der Waals surface area contributed by atoms with E-state index >= 15 is 0 Å². The van der Waals surface area contributed by atoms with Gasteiger partial charge in [-0.3, -0.25) is 0 Å². The summed E-state index contributed by atoms with van der Waals surface area (Å²) in [5, 5.41) is 2.32. The van der Waals surface area contributed by atoms with Crippen molar-refractivity contribution in [2.24, 2.45) is 0 Å². The first-order valence-electron chi connectivity index (χ1n) is 7.89. The van der Waals surface area contributed by atoms with E-state index in [0.29, 0.717) is 31.9 Å². The second-order valence-corrected chi connectivity index (χ2v) is 8.35. The summed E-state index contributed by atoms with van der Waals surface area (Å²) >= 11 is 0.512. The molecule has 1 aromatic rings. The summed E-state index contributed by atoms with van der Waals surface area (Å²) in [5.74, 6) is 0. The van der Waals surface area contributed by atoms with E-state index in [-0.39, 0.29) is 0 Å². The van der Waals surface area contributed by atoms with E-state index in [1.54, 1.807) is 0 Å². The summed E-state index contributed by atoms with van der Waals surface area (Å²) in [6.45, 7) is 7.80. The third-order valence-corrected chi connectivity index (χ3v) is 6.85. The van der Waals surface area contributed by atoms with Gasteiger partial charge in [-0.05, 0) is 0 Å². The molecule has 0 spiro atoms. The normalized spacial score (nSPS) is 23.6. The SMILES string of the molecule is CCCC(CCC)N1OC[C@@H]([Se]c2ccccc2)[C@@H]1C. The van der Waals surface area contributed by atoms with Gasteiger partial charge in [-0.15, -0.1) is 0 Å². The van der Waals surface area contributed by atoms with E-state index in [0.717, 1.165) is 6.61 Å². The van der Waals surface area contributed by atoms with Gasteiger partial charge in [0.1, 0.15) is 0 Å². The minimum absolute atomic E-state index is 0.512. The number of hydrogen-bond acceptors (Lipinski definition) is 2. The van der Waals surface area contributed by atoms with Gasteiger partial charge < -0.3 is 0 Å². The fraction of sp³-hybridized carbons (Fsp3) is 0.647. The van der Waals surface area contributed by atoms with E-state index in [2.05, 4.69) is 56.2 Å². The Bertz CT molecular complexity index is 378. The van der Waals surface area contributed by atoms with Crippen molar-refractivity contribution < 1.29 is 4.84 Å². The van der Waals surface area contributed by atoms with Crippen LogP contribution in [0.1, 0.15) is 46.5 Å². The summed E-state index contributed by atoms with van der Waals surface area (Å²) in [6.07, 6.45) is 4.99.